The number of nitrogens with one attached hydrogen (secondary N) is 1. The maximum absolute atomic E-state index is 13.7. The van der Waals surface area contributed by atoms with E-state index in [1.165, 1.54) is 36.8 Å². The molecule has 73 heavy (non-hydrogen) atoms. The summed E-state index contributed by atoms with van der Waals surface area (Å²) >= 11 is 0. The normalized spacial score (nSPS) is 39.3. The van der Waals surface area contributed by atoms with Crippen molar-refractivity contribution in [3.8, 4) is 23.0 Å². The second kappa shape index (κ2) is 16.5. The first-order valence-electron chi connectivity index (χ1n) is 27.5. The lowest BCUT2D eigenvalue weighted by Gasteiger charge is -2.64. The number of nitrogens with zero attached hydrogens (tertiary/aromatic N) is 3. The van der Waals surface area contributed by atoms with Crippen LogP contribution in [0.25, 0.3) is 0 Å². The van der Waals surface area contributed by atoms with Gasteiger partial charge in [-0.05, 0) is 174 Å². The highest BCUT2D eigenvalue weighted by Gasteiger charge is 2.75. The average Bonchev–Trinajstić information content (AvgIpc) is 4.35. The first-order valence-corrected chi connectivity index (χ1v) is 27.5. The molecule has 4 aliphatic heterocycles. The molecule has 6 saturated carbocycles. The van der Waals surface area contributed by atoms with Crippen molar-refractivity contribution in [3.63, 3.8) is 0 Å². The molecule has 4 bridgehead atoms. The number of aromatic hydroxyl groups is 2. The summed E-state index contributed by atoms with van der Waals surface area (Å²) in [6.45, 7) is 4.14. The Morgan fingerprint density at radius 3 is 1.68 bits per heavy atom. The van der Waals surface area contributed by atoms with Crippen LogP contribution in [0.2, 0.25) is 0 Å². The lowest BCUT2D eigenvalue weighted by atomic mass is 9.48. The smallest absolute Gasteiger partial charge is 0.307 e. The van der Waals surface area contributed by atoms with E-state index >= 15 is 0 Å². The van der Waals surface area contributed by atoms with Crippen LogP contribution in [0, 0.1) is 23.7 Å². The Morgan fingerprint density at radius 1 is 0.685 bits per heavy atom. The molecule has 4 aromatic rings. The number of amides is 1. The molecule has 388 valence electrons. The number of hydrogen-bond donors (Lipinski definition) is 6. The van der Waals surface area contributed by atoms with Crippen molar-refractivity contribution in [2.75, 3.05) is 40.3 Å². The number of rotatable bonds is 10. The van der Waals surface area contributed by atoms with Crippen molar-refractivity contribution in [2.24, 2.45) is 23.7 Å². The van der Waals surface area contributed by atoms with Gasteiger partial charge in [-0.3, -0.25) is 19.4 Å². The SMILES string of the molecule is CN(C(=O)C1CC1c1ccoc1)[C@H]1CC[C@@]2(O)[C@H]3Cc4ccc(O)c5c4[C@@]2(CCN3CC2CC2)[C@H]1O5.CN[C@H]1CC[C@@]2(O)[C@H]3Cc4ccc(O)c5c4[C@@]2(CCN3CC2CC2)[C@H]1O5.O=C(O)C1CC1c1ccoc1. The fraction of sp³-hybridized carbons (Fsp3) is 0.621. The Balaban J connectivity index is 0.000000116. The first kappa shape index (κ1) is 46.5. The van der Waals surface area contributed by atoms with Crippen molar-refractivity contribution >= 4 is 11.9 Å². The van der Waals surface area contributed by atoms with Crippen molar-refractivity contribution in [3.05, 3.63) is 94.8 Å². The van der Waals surface area contributed by atoms with Crippen LogP contribution in [0.1, 0.15) is 122 Å². The van der Waals surface area contributed by atoms with E-state index in [9.17, 15) is 30.0 Å². The fourth-order valence-corrected chi connectivity index (χ4v) is 16.7. The van der Waals surface area contributed by atoms with Gasteiger partial charge in [-0.2, -0.15) is 0 Å². The van der Waals surface area contributed by atoms with Gasteiger partial charge in [-0.1, -0.05) is 12.1 Å². The van der Waals surface area contributed by atoms with E-state index in [0.29, 0.717) is 24.3 Å². The summed E-state index contributed by atoms with van der Waals surface area (Å²) in [5.74, 6) is 2.81. The average molecular weight is 999 g/mol. The van der Waals surface area contributed by atoms with Gasteiger partial charge in [-0.15, -0.1) is 0 Å². The summed E-state index contributed by atoms with van der Waals surface area (Å²) < 4.78 is 23.2. The van der Waals surface area contributed by atoms with Crippen LogP contribution >= 0.6 is 0 Å². The standard InChI is InChI=1S/C29H34N2O5.C21H28N2O3.C8H8O3/c1-30(27(33)20-13-19(20)18-7-11-35-15-18)21-6-8-29(34)23-12-17-4-5-22(32)25-24(17)28(29,26(21)36-25)9-10-31(23)14-16-2-3-16;1-22-14-6-7-21(25)16-10-13-4-5-15(24)18-17(13)20(21,19(14)26-18)8-9-23(16)11-12-2-3-12;9-8(10)7-3-6(7)5-1-2-11-4-5/h4-5,7,11,15-16,19-21,23,26,32,34H,2-3,6,8-10,12-14H2,1H3;4-5,12,14,16,19,22,24-25H,2-3,6-11H2,1H3;1-2,4,6-7H,3H2,(H,9,10)/t19?,20?,21-,23+,26-,28-,29+;14-,16+,19-,20-,21+;/m00./s1. The lowest BCUT2D eigenvalue weighted by molar-refractivity contribution is -0.200. The monoisotopic (exact) mass is 999 g/mol. The summed E-state index contributed by atoms with van der Waals surface area (Å²) in [4.78, 5) is 31.1. The summed E-state index contributed by atoms with van der Waals surface area (Å²) in [6.07, 6.45) is 19.5. The number of piperidine rings is 2. The van der Waals surface area contributed by atoms with Crippen LogP contribution < -0.4 is 14.8 Å². The zero-order valence-corrected chi connectivity index (χ0v) is 42.0. The largest absolute Gasteiger partial charge is 0.504 e. The van der Waals surface area contributed by atoms with Crippen LogP contribution in [0.15, 0.2) is 70.3 Å². The quantitative estimate of drug-likeness (QED) is 0.105. The van der Waals surface area contributed by atoms with Crippen LogP contribution in [-0.2, 0) is 33.3 Å². The van der Waals surface area contributed by atoms with Crippen LogP contribution in [-0.4, -0.2) is 140 Å². The van der Waals surface area contributed by atoms with E-state index in [2.05, 4.69) is 21.2 Å². The highest BCUT2D eigenvalue weighted by Crippen LogP contribution is 2.68. The van der Waals surface area contributed by atoms with Gasteiger partial charge in [0.2, 0.25) is 5.91 Å². The summed E-state index contributed by atoms with van der Waals surface area (Å²) in [7, 11) is 3.90. The molecule has 1 amide bonds. The van der Waals surface area contributed by atoms with E-state index < -0.39 is 22.6 Å². The zero-order valence-electron chi connectivity index (χ0n) is 42.0. The number of aliphatic carboxylic acids is 1. The Morgan fingerprint density at radius 2 is 1.19 bits per heavy atom. The van der Waals surface area contributed by atoms with Crippen molar-refractivity contribution in [2.45, 2.75) is 160 Å². The predicted molar refractivity (Wildman–Crippen MR) is 266 cm³/mol. The maximum atomic E-state index is 13.7. The number of hydrogen-bond acceptors (Lipinski definition) is 13. The molecule has 4 unspecified atom stereocenters. The van der Waals surface area contributed by atoms with Crippen LogP contribution in [0.5, 0.6) is 23.0 Å². The fourth-order valence-electron chi connectivity index (χ4n) is 16.7. The van der Waals surface area contributed by atoms with Gasteiger partial charge < -0.3 is 54.1 Å². The molecule has 2 spiro atoms. The molecular formula is C58H70N4O11. The number of phenols is 2. The minimum absolute atomic E-state index is 0.0295. The highest BCUT2D eigenvalue weighted by molar-refractivity contribution is 5.83. The third kappa shape index (κ3) is 6.72. The van der Waals surface area contributed by atoms with Crippen molar-refractivity contribution < 1.29 is 53.4 Å². The van der Waals surface area contributed by atoms with Gasteiger partial charge in [0.05, 0.1) is 59.0 Å². The molecule has 16 rings (SSSR count). The summed E-state index contributed by atoms with van der Waals surface area (Å²) in [5, 5.41) is 58.2. The Hall–Kier alpha value is -5.06. The van der Waals surface area contributed by atoms with Crippen molar-refractivity contribution in [1.82, 2.24) is 20.0 Å². The molecule has 8 fully saturated rings. The Labute approximate surface area is 425 Å². The number of benzene rings is 2. The van der Waals surface area contributed by atoms with Crippen LogP contribution in [0.3, 0.4) is 0 Å². The number of likely N-dealkylation sites (N-methyl/N-ethyl adjacent to an activating group) is 2. The lowest BCUT2D eigenvalue weighted by Crippen LogP contribution is -2.78. The molecular weight excluding hydrogens is 929 g/mol. The molecule has 2 saturated heterocycles. The van der Waals surface area contributed by atoms with E-state index in [1.54, 1.807) is 37.2 Å². The molecule has 14 atom stereocenters. The third-order valence-electron chi connectivity index (χ3n) is 20.9. The number of likely N-dealkylation sites (tertiary alicyclic amines) is 2. The molecule has 6 heterocycles. The molecule has 15 nitrogen and oxygen atoms in total. The van der Waals surface area contributed by atoms with E-state index in [4.69, 9.17) is 23.4 Å². The summed E-state index contributed by atoms with van der Waals surface area (Å²) in [5.41, 5.74) is 4.05. The van der Waals surface area contributed by atoms with Crippen molar-refractivity contribution in [1.29, 1.82) is 0 Å². The minimum atomic E-state index is -0.920. The maximum Gasteiger partial charge on any atom is 0.307 e. The zero-order chi connectivity index (χ0) is 49.9. The van der Waals surface area contributed by atoms with Gasteiger partial charge >= 0.3 is 5.97 Å². The molecule has 8 aliphatic carbocycles. The molecule has 2 aromatic carbocycles. The van der Waals surface area contributed by atoms with E-state index in [1.807, 2.05) is 37.2 Å². The topological polar surface area (TPSA) is 202 Å². The van der Waals surface area contributed by atoms with Crippen LogP contribution in [0.4, 0.5) is 0 Å². The van der Waals surface area contributed by atoms with E-state index in [-0.39, 0.29) is 82.9 Å². The van der Waals surface area contributed by atoms with Gasteiger partial charge in [0, 0.05) is 61.2 Å². The molecule has 12 aliphatic rings. The molecule has 0 radical (unpaired) electrons. The number of carboxylic acids is 1. The number of aliphatic hydroxyl groups is 2. The van der Waals surface area contributed by atoms with Gasteiger partial charge in [0.1, 0.15) is 12.2 Å². The number of phenolic OH excluding ortho intramolecular Hbond substituents is 2. The predicted octanol–water partition coefficient (Wildman–Crippen LogP) is 6.19. The van der Waals surface area contributed by atoms with Gasteiger partial charge in [0.25, 0.3) is 0 Å². The second-order valence-corrected chi connectivity index (χ2v) is 24.4. The van der Waals surface area contributed by atoms with Gasteiger partial charge in [0.15, 0.2) is 23.0 Å². The number of carbonyl (C=O) groups excluding carboxylic acids is 1. The van der Waals surface area contributed by atoms with Gasteiger partial charge in [-0.25, -0.2) is 0 Å². The second-order valence-electron chi connectivity index (χ2n) is 24.4. The number of ether oxygens (including phenoxy) is 2. The van der Waals surface area contributed by atoms with E-state index in [0.717, 1.165) is 112 Å². The first-order chi connectivity index (χ1) is 35.3. The third-order valence-corrected chi connectivity index (χ3v) is 20.9. The Bertz CT molecular complexity index is 2830. The highest BCUT2D eigenvalue weighted by atomic mass is 16.5. The number of carbonyl (C=O) groups is 2. The number of carboxylic acid groups (broad SMARTS) is 1. The molecule has 6 N–H and O–H groups in total. The Kier molecular flexibility index (Phi) is 10.5. The molecule has 2 aromatic heterocycles. The molecule has 15 heteroatoms. The number of furan rings is 2. The summed E-state index contributed by atoms with van der Waals surface area (Å²) in [6, 6.07) is 11.7. The minimum Gasteiger partial charge on any atom is -0.504 e.